The van der Waals surface area contributed by atoms with Crippen LogP contribution in [0.5, 0.6) is 0 Å². The Kier molecular flexibility index (Phi) is 5.52. The minimum atomic E-state index is -6.79. The van der Waals surface area contributed by atoms with E-state index < -0.39 is 35.1 Å². The van der Waals surface area contributed by atoms with Crippen LogP contribution in [0.4, 0.5) is 39.5 Å². The Morgan fingerprint density at radius 3 is 1.86 bits per heavy atom. The zero-order valence-electron chi connectivity index (χ0n) is 14.6. The van der Waals surface area contributed by atoms with Gasteiger partial charge < -0.3 is 0 Å². The first-order chi connectivity index (χ1) is 12.6. The summed E-state index contributed by atoms with van der Waals surface area (Å²) in [7, 11) is 0. The van der Waals surface area contributed by atoms with Gasteiger partial charge in [0.25, 0.3) is 0 Å². The van der Waals surface area contributed by atoms with Crippen molar-refractivity contribution < 1.29 is 39.5 Å². The monoisotopic (exact) mass is 436 g/mol. The number of aryl methyl sites for hydroxylation is 3. The molecule has 2 rings (SSSR count). The molecule has 0 spiro atoms. The molecular formula is C16H13F9N2S. The summed E-state index contributed by atoms with van der Waals surface area (Å²) in [6, 6.07) is 1.65. The van der Waals surface area contributed by atoms with Crippen molar-refractivity contribution in [1.29, 1.82) is 0 Å². The van der Waals surface area contributed by atoms with Gasteiger partial charge in [-0.05, 0) is 37.4 Å². The fraction of sp³-hybridized carbons (Fsp3) is 0.500. The molecule has 1 unspecified atom stereocenters. The van der Waals surface area contributed by atoms with E-state index in [2.05, 4.69) is 9.59 Å². The summed E-state index contributed by atoms with van der Waals surface area (Å²) in [6.45, 7) is 3.89. The third-order valence-corrected chi connectivity index (χ3v) is 5.02. The van der Waals surface area contributed by atoms with Crippen LogP contribution >= 0.6 is 11.5 Å². The first-order valence-corrected chi connectivity index (χ1v) is 8.50. The van der Waals surface area contributed by atoms with Crippen molar-refractivity contribution in [2.24, 2.45) is 0 Å². The predicted molar refractivity (Wildman–Crippen MR) is 84.0 cm³/mol. The lowest BCUT2D eigenvalue weighted by Gasteiger charge is -2.37. The Hall–Kier alpha value is -1.85. The Bertz CT molecular complexity index is 870. The molecule has 1 aromatic heterocycles. The van der Waals surface area contributed by atoms with Crippen molar-refractivity contribution in [2.75, 3.05) is 0 Å². The fourth-order valence-corrected chi connectivity index (χ4v) is 3.59. The molecule has 0 saturated carbocycles. The van der Waals surface area contributed by atoms with Crippen molar-refractivity contribution in [3.63, 3.8) is 0 Å². The summed E-state index contributed by atoms with van der Waals surface area (Å²) in [4.78, 5) is -0.212. The first kappa shape index (κ1) is 22.4. The standard InChI is InChI=1S/C16H13F9N2S/c1-4-9-5-7(2)6-10(11(9)12-8(3)26-27-28-12)13(17,15(20,21)22)14(18,19)16(23,24)25/h5-6H,4H2,1-3H3. The number of alkyl halides is 9. The third-order valence-electron chi connectivity index (χ3n) is 4.17. The molecule has 1 atom stereocenters. The Labute approximate surface area is 157 Å². The average Bonchev–Trinajstić information content (AvgIpc) is 2.96. The molecule has 0 aliphatic rings. The van der Waals surface area contributed by atoms with Crippen LogP contribution in [0, 0.1) is 13.8 Å². The van der Waals surface area contributed by atoms with Crippen LogP contribution in [0.3, 0.4) is 0 Å². The number of nitrogens with zero attached hydrogens (tertiary/aromatic N) is 2. The SMILES string of the molecule is CCc1cc(C)cc(C(F)(C(F)(F)F)C(F)(F)C(F)(F)F)c1-c1snnc1C. The predicted octanol–water partition coefficient (Wildman–Crippen LogP) is 6.31. The van der Waals surface area contributed by atoms with Crippen LogP contribution < -0.4 is 0 Å². The summed E-state index contributed by atoms with van der Waals surface area (Å²) in [6.07, 6.45) is -13.4. The lowest BCUT2D eigenvalue weighted by atomic mass is 9.81. The smallest absolute Gasteiger partial charge is 0.221 e. The van der Waals surface area contributed by atoms with E-state index in [-0.39, 0.29) is 28.1 Å². The number of hydrogen-bond acceptors (Lipinski definition) is 3. The zero-order chi connectivity index (χ0) is 21.7. The van der Waals surface area contributed by atoms with Crippen LogP contribution in [0.1, 0.15) is 29.3 Å². The van der Waals surface area contributed by atoms with Crippen molar-refractivity contribution in [3.8, 4) is 10.4 Å². The molecule has 0 bridgehead atoms. The van der Waals surface area contributed by atoms with Gasteiger partial charge in [0.1, 0.15) is 0 Å². The van der Waals surface area contributed by atoms with Gasteiger partial charge >= 0.3 is 23.9 Å². The van der Waals surface area contributed by atoms with Gasteiger partial charge in [-0.2, -0.15) is 35.1 Å². The van der Waals surface area contributed by atoms with E-state index in [0.717, 1.165) is 0 Å². The number of aromatic nitrogens is 2. The highest BCUT2D eigenvalue weighted by atomic mass is 32.1. The molecular weight excluding hydrogens is 423 g/mol. The van der Waals surface area contributed by atoms with Gasteiger partial charge in [-0.25, -0.2) is 4.39 Å². The minimum Gasteiger partial charge on any atom is -0.221 e. The van der Waals surface area contributed by atoms with E-state index >= 15 is 4.39 Å². The largest absolute Gasteiger partial charge is 0.457 e. The van der Waals surface area contributed by atoms with Gasteiger partial charge in [0.05, 0.1) is 10.6 Å². The van der Waals surface area contributed by atoms with Gasteiger partial charge in [-0.3, -0.25) is 0 Å². The van der Waals surface area contributed by atoms with Crippen LogP contribution in [-0.4, -0.2) is 27.9 Å². The number of hydrogen-bond donors (Lipinski definition) is 0. The van der Waals surface area contributed by atoms with Crippen molar-refractivity contribution in [1.82, 2.24) is 9.59 Å². The summed E-state index contributed by atoms with van der Waals surface area (Å²) in [5, 5.41) is 3.54. The van der Waals surface area contributed by atoms with Gasteiger partial charge in [0.2, 0.25) is 0 Å². The molecule has 0 aliphatic heterocycles. The summed E-state index contributed by atoms with van der Waals surface area (Å²) in [5.74, 6) is -6.74. The molecule has 0 fully saturated rings. The van der Waals surface area contributed by atoms with E-state index in [1.54, 1.807) is 0 Å². The first-order valence-electron chi connectivity index (χ1n) is 7.73. The van der Waals surface area contributed by atoms with Crippen LogP contribution in [0.15, 0.2) is 12.1 Å². The maximum absolute atomic E-state index is 15.2. The lowest BCUT2D eigenvalue weighted by molar-refractivity contribution is -0.389. The molecule has 156 valence electrons. The molecule has 28 heavy (non-hydrogen) atoms. The molecule has 12 heteroatoms. The zero-order valence-corrected chi connectivity index (χ0v) is 15.4. The average molecular weight is 436 g/mol. The summed E-state index contributed by atoms with van der Waals surface area (Å²) < 4.78 is 126. The van der Waals surface area contributed by atoms with E-state index in [4.69, 9.17) is 0 Å². The van der Waals surface area contributed by atoms with Crippen LogP contribution in [0.2, 0.25) is 0 Å². The Morgan fingerprint density at radius 2 is 1.46 bits per heavy atom. The molecule has 0 radical (unpaired) electrons. The fourth-order valence-electron chi connectivity index (χ4n) is 2.84. The van der Waals surface area contributed by atoms with Gasteiger partial charge in [0, 0.05) is 11.1 Å². The second kappa shape index (κ2) is 6.89. The molecule has 1 aromatic carbocycles. The highest BCUT2D eigenvalue weighted by molar-refractivity contribution is 7.09. The minimum absolute atomic E-state index is 0.0235. The highest BCUT2D eigenvalue weighted by Crippen LogP contribution is 2.60. The molecule has 2 nitrogen and oxygen atoms in total. The normalized spacial score (nSPS) is 15.6. The Morgan fingerprint density at radius 1 is 0.893 bits per heavy atom. The molecule has 0 saturated heterocycles. The second-order valence-corrected chi connectivity index (χ2v) is 6.87. The lowest BCUT2D eigenvalue weighted by Crippen LogP contribution is -2.60. The van der Waals surface area contributed by atoms with Crippen LogP contribution in [-0.2, 0) is 12.1 Å². The number of halogens is 9. The quantitative estimate of drug-likeness (QED) is 0.525. The number of rotatable bonds is 4. The highest BCUT2D eigenvalue weighted by Gasteiger charge is 2.82. The van der Waals surface area contributed by atoms with Gasteiger partial charge in [0.15, 0.2) is 0 Å². The number of benzene rings is 1. The van der Waals surface area contributed by atoms with E-state index in [0.29, 0.717) is 17.6 Å². The summed E-state index contributed by atoms with van der Waals surface area (Å²) >= 11 is 0.476. The van der Waals surface area contributed by atoms with Crippen LogP contribution in [0.25, 0.3) is 10.4 Å². The maximum atomic E-state index is 15.2. The van der Waals surface area contributed by atoms with Gasteiger partial charge in [-0.15, -0.1) is 5.10 Å². The summed E-state index contributed by atoms with van der Waals surface area (Å²) in [5.41, 5.74) is -8.69. The molecule has 0 aliphatic carbocycles. The maximum Gasteiger partial charge on any atom is 0.457 e. The van der Waals surface area contributed by atoms with E-state index in [1.165, 1.54) is 26.8 Å². The molecule has 0 N–H and O–H groups in total. The molecule has 1 heterocycles. The van der Waals surface area contributed by atoms with Gasteiger partial charge in [-0.1, -0.05) is 29.1 Å². The van der Waals surface area contributed by atoms with E-state index in [1.807, 2.05) is 0 Å². The van der Waals surface area contributed by atoms with E-state index in [9.17, 15) is 35.1 Å². The third kappa shape index (κ3) is 3.25. The molecule has 2 aromatic rings. The second-order valence-electron chi connectivity index (χ2n) is 6.12. The van der Waals surface area contributed by atoms with Crippen molar-refractivity contribution >= 4 is 11.5 Å². The molecule has 0 amide bonds. The Balaban J connectivity index is 3.05. The topological polar surface area (TPSA) is 25.8 Å². The van der Waals surface area contributed by atoms with Crippen molar-refractivity contribution in [2.45, 2.75) is 51.1 Å². The van der Waals surface area contributed by atoms with Crippen molar-refractivity contribution in [3.05, 3.63) is 34.5 Å².